The molecule has 0 radical (unpaired) electrons. The summed E-state index contributed by atoms with van der Waals surface area (Å²) in [5, 5.41) is 2.22. The van der Waals surface area contributed by atoms with Gasteiger partial charge in [0.15, 0.2) is 0 Å². The lowest BCUT2D eigenvalue weighted by Gasteiger charge is -2.33. The van der Waals surface area contributed by atoms with Gasteiger partial charge in [-0.1, -0.05) is 25.8 Å². The molecule has 1 aromatic rings. The molecule has 1 saturated carbocycles. The van der Waals surface area contributed by atoms with E-state index < -0.39 is 0 Å². The highest BCUT2D eigenvalue weighted by Crippen LogP contribution is 2.43. The van der Waals surface area contributed by atoms with Crippen molar-refractivity contribution in [2.45, 2.75) is 44.9 Å². The summed E-state index contributed by atoms with van der Waals surface area (Å²) < 4.78 is 0. The van der Waals surface area contributed by atoms with E-state index in [1.54, 1.807) is 4.88 Å². The summed E-state index contributed by atoms with van der Waals surface area (Å²) >= 11 is 1.95. The van der Waals surface area contributed by atoms with Crippen molar-refractivity contribution >= 4 is 11.3 Å². The second kappa shape index (κ2) is 4.28. The summed E-state index contributed by atoms with van der Waals surface area (Å²) in [6.45, 7) is 2.30. The van der Waals surface area contributed by atoms with Gasteiger partial charge in [-0.05, 0) is 42.5 Å². The lowest BCUT2D eigenvalue weighted by atomic mass is 9.73. The summed E-state index contributed by atoms with van der Waals surface area (Å²) in [6.07, 6.45) is 7.14. The molecule has 1 atom stereocenters. The van der Waals surface area contributed by atoms with Gasteiger partial charge in [0.2, 0.25) is 0 Å². The maximum Gasteiger partial charge on any atom is 0.00789 e. The molecule has 2 rings (SSSR count). The normalized spacial score (nSPS) is 19.8. The van der Waals surface area contributed by atoms with E-state index >= 15 is 0 Å². The molecule has 0 aromatic carbocycles. The quantitative estimate of drug-likeness (QED) is 0.665. The van der Waals surface area contributed by atoms with Gasteiger partial charge >= 0.3 is 0 Å². The Hall–Kier alpha value is -0.300. The first-order chi connectivity index (χ1) is 6.42. The Balaban J connectivity index is 2.04. The van der Waals surface area contributed by atoms with E-state index in [9.17, 15) is 0 Å². The highest BCUT2D eigenvalue weighted by Gasteiger charge is 2.28. The van der Waals surface area contributed by atoms with Crippen LogP contribution >= 0.6 is 11.3 Å². The van der Waals surface area contributed by atoms with Crippen molar-refractivity contribution in [3.63, 3.8) is 0 Å². The van der Waals surface area contributed by atoms with Crippen LogP contribution in [0.4, 0.5) is 0 Å². The number of hydrogen-bond donors (Lipinski definition) is 0. The van der Waals surface area contributed by atoms with Gasteiger partial charge in [0.25, 0.3) is 0 Å². The van der Waals surface area contributed by atoms with E-state index in [4.69, 9.17) is 0 Å². The third kappa shape index (κ3) is 1.96. The summed E-state index contributed by atoms with van der Waals surface area (Å²) in [7, 11) is 0. The van der Waals surface area contributed by atoms with E-state index in [-0.39, 0.29) is 0 Å². The second-order valence-electron chi connectivity index (χ2n) is 4.10. The molecule has 0 nitrogen and oxygen atoms in total. The minimum atomic E-state index is 0.888. The van der Waals surface area contributed by atoms with Crippen LogP contribution < -0.4 is 0 Å². The molecule has 0 bridgehead atoms. The van der Waals surface area contributed by atoms with Gasteiger partial charge in [0.05, 0.1) is 0 Å². The van der Waals surface area contributed by atoms with E-state index in [0.717, 1.165) is 11.8 Å². The lowest BCUT2D eigenvalue weighted by Crippen LogP contribution is -2.19. The Bertz CT molecular complexity index is 234. The standard InChI is InChI=1S/C12H18S/c1-2-5-11(10-6-3-7-10)12-8-4-9-13-12/h4,8-11H,2-3,5-7H2,1H3. The molecule has 1 heterocycles. The zero-order valence-electron chi connectivity index (χ0n) is 8.33. The smallest absolute Gasteiger partial charge is 0.00789 e. The van der Waals surface area contributed by atoms with Crippen LogP contribution in [-0.4, -0.2) is 0 Å². The first-order valence-corrected chi connectivity index (χ1v) is 6.33. The average molecular weight is 194 g/mol. The molecule has 1 aromatic heterocycles. The molecular weight excluding hydrogens is 176 g/mol. The Kier molecular flexibility index (Phi) is 3.05. The van der Waals surface area contributed by atoms with Gasteiger partial charge in [-0.25, -0.2) is 0 Å². The van der Waals surface area contributed by atoms with Crippen LogP contribution in [0.2, 0.25) is 0 Å². The zero-order valence-corrected chi connectivity index (χ0v) is 9.15. The SMILES string of the molecule is CCCC(c1cccs1)C1CCC1. The lowest BCUT2D eigenvalue weighted by molar-refractivity contribution is 0.253. The topological polar surface area (TPSA) is 0 Å². The molecule has 0 amide bonds. The van der Waals surface area contributed by atoms with Gasteiger partial charge in [-0.15, -0.1) is 11.3 Å². The van der Waals surface area contributed by atoms with E-state index in [0.29, 0.717) is 0 Å². The van der Waals surface area contributed by atoms with Crippen molar-refractivity contribution in [1.82, 2.24) is 0 Å². The maximum atomic E-state index is 2.32. The molecule has 1 aliphatic carbocycles. The first kappa shape index (κ1) is 9.26. The summed E-state index contributed by atoms with van der Waals surface area (Å²) in [5.41, 5.74) is 0. The molecular formula is C12H18S. The van der Waals surface area contributed by atoms with Gasteiger partial charge < -0.3 is 0 Å². The molecule has 72 valence electrons. The monoisotopic (exact) mass is 194 g/mol. The maximum absolute atomic E-state index is 2.32. The Morgan fingerprint density at radius 2 is 2.38 bits per heavy atom. The highest BCUT2D eigenvalue weighted by atomic mass is 32.1. The minimum Gasteiger partial charge on any atom is -0.149 e. The molecule has 0 aliphatic heterocycles. The molecule has 0 spiro atoms. The average Bonchev–Trinajstić information content (AvgIpc) is 2.51. The van der Waals surface area contributed by atoms with Crippen LogP contribution in [0.25, 0.3) is 0 Å². The highest BCUT2D eigenvalue weighted by molar-refractivity contribution is 7.10. The zero-order chi connectivity index (χ0) is 9.10. The number of hydrogen-bond acceptors (Lipinski definition) is 1. The Labute approximate surface area is 85.0 Å². The second-order valence-corrected chi connectivity index (χ2v) is 5.08. The summed E-state index contributed by atoms with van der Waals surface area (Å²) in [6, 6.07) is 4.52. The van der Waals surface area contributed by atoms with Crippen LogP contribution in [0.15, 0.2) is 17.5 Å². The summed E-state index contributed by atoms with van der Waals surface area (Å²) in [4.78, 5) is 1.63. The molecule has 1 heteroatoms. The molecule has 13 heavy (non-hydrogen) atoms. The Morgan fingerprint density at radius 3 is 2.85 bits per heavy atom. The fourth-order valence-electron chi connectivity index (χ4n) is 2.27. The van der Waals surface area contributed by atoms with E-state index in [1.165, 1.54) is 32.1 Å². The van der Waals surface area contributed by atoms with Crippen molar-refractivity contribution in [3.8, 4) is 0 Å². The molecule has 1 fully saturated rings. The summed E-state index contributed by atoms with van der Waals surface area (Å²) in [5.74, 6) is 1.90. The predicted molar refractivity (Wildman–Crippen MR) is 59.3 cm³/mol. The molecule has 0 N–H and O–H groups in total. The third-order valence-corrected chi connectivity index (χ3v) is 4.23. The van der Waals surface area contributed by atoms with Crippen molar-refractivity contribution in [2.24, 2.45) is 5.92 Å². The molecule has 0 saturated heterocycles. The van der Waals surface area contributed by atoms with Crippen molar-refractivity contribution in [3.05, 3.63) is 22.4 Å². The van der Waals surface area contributed by atoms with Gasteiger partial charge in [-0.2, -0.15) is 0 Å². The first-order valence-electron chi connectivity index (χ1n) is 5.45. The largest absolute Gasteiger partial charge is 0.149 e. The number of thiophene rings is 1. The van der Waals surface area contributed by atoms with Crippen LogP contribution in [0.1, 0.15) is 49.8 Å². The van der Waals surface area contributed by atoms with Gasteiger partial charge in [-0.3, -0.25) is 0 Å². The third-order valence-electron chi connectivity index (χ3n) is 3.23. The van der Waals surface area contributed by atoms with Crippen LogP contribution in [0, 0.1) is 5.92 Å². The Morgan fingerprint density at radius 1 is 1.54 bits per heavy atom. The molecule has 1 unspecified atom stereocenters. The van der Waals surface area contributed by atoms with E-state index in [2.05, 4.69) is 24.4 Å². The van der Waals surface area contributed by atoms with Crippen LogP contribution in [0.3, 0.4) is 0 Å². The fourth-order valence-corrected chi connectivity index (χ4v) is 3.22. The van der Waals surface area contributed by atoms with Crippen LogP contribution in [-0.2, 0) is 0 Å². The van der Waals surface area contributed by atoms with Gasteiger partial charge in [0.1, 0.15) is 0 Å². The van der Waals surface area contributed by atoms with E-state index in [1.807, 2.05) is 11.3 Å². The number of rotatable bonds is 4. The van der Waals surface area contributed by atoms with Crippen molar-refractivity contribution in [1.29, 1.82) is 0 Å². The van der Waals surface area contributed by atoms with Crippen molar-refractivity contribution < 1.29 is 0 Å². The van der Waals surface area contributed by atoms with Gasteiger partial charge in [0, 0.05) is 4.88 Å². The fraction of sp³-hybridized carbons (Fsp3) is 0.667. The molecule has 1 aliphatic rings. The van der Waals surface area contributed by atoms with Crippen molar-refractivity contribution in [2.75, 3.05) is 0 Å². The van der Waals surface area contributed by atoms with Crippen LogP contribution in [0.5, 0.6) is 0 Å². The predicted octanol–water partition coefficient (Wildman–Crippen LogP) is 4.43. The minimum absolute atomic E-state index is 0.888.